The number of rotatable bonds is 20. The van der Waals surface area contributed by atoms with Crippen molar-refractivity contribution in [1.82, 2.24) is 0 Å². The number of hydrogen-bond donors (Lipinski definition) is 0. The number of hydrogen-bond acceptors (Lipinski definition) is 4. The van der Waals surface area contributed by atoms with Gasteiger partial charge >= 0.3 is 11.9 Å². The number of carbonyl (C=O) groups is 2. The van der Waals surface area contributed by atoms with Crippen LogP contribution < -0.4 is 0 Å². The maximum Gasteiger partial charge on any atom is 0.333 e. The fourth-order valence-corrected chi connectivity index (χ4v) is 3.18. The van der Waals surface area contributed by atoms with E-state index in [0.29, 0.717) is 6.42 Å². The standard InChI is InChI=1S/C24H42O4/c1-4-7-8-9-10-11-12-13-14-15-16-17-18-19-20-21-24(27-22(25)5-2)28-23(26)6-3/h5-6,24H,2-4,7-21H2,1H3. The van der Waals surface area contributed by atoms with Gasteiger partial charge in [-0.25, -0.2) is 9.59 Å². The lowest BCUT2D eigenvalue weighted by atomic mass is 10.0. The fourth-order valence-electron chi connectivity index (χ4n) is 3.18. The summed E-state index contributed by atoms with van der Waals surface area (Å²) in [4.78, 5) is 22.6. The van der Waals surface area contributed by atoms with Crippen molar-refractivity contribution in [3.63, 3.8) is 0 Å². The minimum Gasteiger partial charge on any atom is -0.422 e. The lowest BCUT2D eigenvalue weighted by molar-refractivity contribution is -0.182. The molecule has 0 unspecified atom stereocenters. The highest BCUT2D eigenvalue weighted by atomic mass is 16.7. The molecule has 0 aromatic heterocycles. The number of ether oxygens (including phenoxy) is 2. The molecule has 0 saturated carbocycles. The molecule has 0 bridgehead atoms. The molecule has 0 fully saturated rings. The normalized spacial score (nSPS) is 10.6. The molecule has 4 nitrogen and oxygen atoms in total. The first kappa shape index (κ1) is 26.4. The summed E-state index contributed by atoms with van der Waals surface area (Å²) in [6.07, 6.45) is 21.2. The number of unbranched alkanes of at least 4 members (excludes halogenated alkanes) is 14. The monoisotopic (exact) mass is 394 g/mol. The van der Waals surface area contributed by atoms with Crippen LogP contribution in [0.15, 0.2) is 25.3 Å². The summed E-state index contributed by atoms with van der Waals surface area (Å²) in [7, 11) is 0. The Labute approximate surface area is 172 Å². The second-order valence-corrected chi connectivity index (χ2v) is 7.45. The van der Waals surface area contributed by atoms with Gasteiger partial charge in [-0.2, -0.15) is 0 Å². The quantitative estimate of drug-likeness (QED) is 0.0962. The van der Waals surface area contributed by atoms with Gasteiger partial charge in [0.25, 0.3) is 0 Å². The van der Waals surface area contributed by atoms with Crippen molar-refractivity contribution in [2.45, 2.75) is 116 Å². The van der Waals surface area contributed by atoms with E-state index in [1.807, 2.05) is 0 Å². The maximum absolute atomic E-state index is 11.3. The highest BCUT2D eigenvalue weighted by molar-refractivity contribution is 5.82. The topological polar surface area (TPSA) is 52.6 Å². The van der Waals surface area contributed by atoms with Crippen LogP contribution in [-0.4, -0.2) is 18.2 Å². The average molecular weight is 395 g/mol. The fraction of sp³-hybridized carbons (Fsp3) is 0.750. The zero-order chi connectivity index (χ0) is 20.9. The lowest BCUT2D eigenvalue weighted by Gasteiger charge is -2.16. The van der Waals surface area contributed by atoms with E-state index in [1.165, 1.54) is 77.0 Å². The zero-order valence-electron chi connectivity index (χ0n) is 18.1. The molecule has 0 N–H and O–H groups in total. The van der Waals surface area contributed by atoms with Gasteiger partial charge in [0, 0.05) is 18.6 Å². The molecule has 0 saturated heterocycles. The molecule has 0 aromatic carbocycles. The van der Waals surface area contributed by atoms with Crippen LogP contribution in [0, 0.1) is 0 Å². The summed E-state index contributed by atoms with van der Waals surface area (Å²) in [6.45, 7) is 8.97. The van der Waals surface area contributed by atoms with Crippen LogP contribution in [0.4, 0.5) is 0 Å². The van der Waals surface area contributed by atoms with Gasteiger partial charge in [-0.05, 0) is 6.42 Å². The first-order valence-electron chi connectivity index (χ1n) is 11.3. The molecule has 162 valence electrons. The van der Waals surface area contributed by atoms with Crippen molar-refractivity contribution >= 4 is 11.9 Å². The summed E-state index contributed by atoms with van der Waals surface area (Å²) in [5, 5.41) is 0. The Balaban J connectivity index is 3.52. The van der Waals surface area contributed by atoms with Crippen molar-refractivity contribution < 1.29 is 19.1 Å². The van der Waals surface area contributed by atoms with Crippen molar-refractivity contribution in [3.05, 3.63) is 25.3 Å². The van der Waals surface area contributed by atoms with Crippen LogP contribution in [0.5, 0.6) is 0 Å². The summed E-state index contributed by atoms with van der Waals surface area (Å²) < 4.78 is 10.1. The molecule has 4 heteroatoms. The summed E-state index contributed by atoms with van der Waals surface area (Å²) in [6, 6.07) is 0. The second-order valence-electron chi connectivity index (χ2n) is 7.45. The van der Waals surface area contributed by atoms with Crippen LogP contribution in [0.2, 0.25) is 0 Å². The Morgan fingerprint density at radius 3 is 1.29 bits per heavy atom. The second kappa shape index (κ2) is 20.2. The Morgan fingerprint density at radius 1 is 0.643 bits per heavy atom. The molecule has 0 aliphatic carbocycles. The van der Waals surface area contributed by atoms with Crippen LogP contribution >= 0.6 is 0 Å². The van der Waals surface area contributed by atoms with Gasteiger partial charge in [0.2, 0.25) is 6.29 Å². The molecule has 0 rings (SSSR count). The van der Waals surface area contributed by atoms with Crippen LogP contribution in [0.1, 0.15) is 110 Å². The molecule has 0 heterocycles. The molecule has 28 heavy (non-hydrogen) atoms. The largest absolute Gasteiger partial charge is 0.422 e. The molecule has 0 radical (unpaired) electrons. The van der Waals surface area contributed by atoms with Gasteiger partial charge < -0.3 is 9.47 Å². The molecular formula is C24H42O4. The molecule has 0 aliphatic rings. The predicted molar refractivity (Wildman–Crippen MR) is 116 cm³/mol. The van der Waals surface area contributed by atoms with Gasteiger partial charge in [-0.1, -0.05) is 110 Å². The van der Waals surface area contributed by atoms with Crippen molar-refractivity contribution in [3.8, 4) is 0 Å². The van der Waals surface area contributed by atoms with E-state index in [-0.39, 0.29) is 0 Å². The predicted octanol–water partition coefficient (Wildman–Crippen LogP) is 7.03. The smallest absolute Gasteiger partial charge is 0.333 e. The Morgan fingerprint density at radius 2 is 0.964 bits per heavy atom. The van der Waals surface area contributed by atoms with Crippen molar-refractivity contribution in [2.75, 3.05) is 0 Å². The molecule has 0 atom stereocenters. The van der Waals surface area contributed by atoms with Crippen LogP contribution in [-0.2, 0) is 19.1 Å². The third kappa shape index (κ3) is 17.8. The zero-order valence-corrected chi connectivity index (χ0v) is 18.1. The van der Waals surface area contributed by atoms with Gasteiger partial charge in [-0.3, -0.25) is 0 Å². The minimum atomic E-state index is -0.849. The van der Waals surface area contributed by atoms with E-state index in [0.717, 1.165) is 31.4 Å². The number of carbonyl (C=O) groups excluding carboxylic acids is 2. The van der Waals surface area contributed by atoms with Crippen molar-refractivity contribution in [2.24, 2.45) is 0 Å². The summed E-state index contributed by atoms with van der Waals surface area (Å²) in [5.74, 6) is -1.16. The molecular weight excluding hydrogens is 352 g/mol. The van der Waals surface area contributed by atoms with Gasteiger partial charge in [0.15, 0.2) is 0 Å². The Hall–Kier alpha value is -1.58. The van der Waals surface area contributed by atoms with Gasteiger partial charge in [-0.15, -0.1) is 0 Å². The lowest BCUT2D eigenvalue weighted by Crippen LogP contribution is -2.23. The third-order valence-corrected chi connectivity index (χ3v) is 4.87. The third-order valence-electron chi connectivity index (χ3n) is 4.87. The number of esters is 2. The maximum atomic E-state index is 11.3. The van der Waals surface area contributed by atoms with E-state index in [4.69, 9.17) is 9.47 Å². The van der Waals surface area contributed by atoms with E-state index >= 15 is 0 Å². The van der Waals surface area contributed by atoms with Gasteiger partial charge in [0.05, 0.1) is 0 Å². The van der Waals surface area contributed by atoms with E-state index in [2.05, 4.69) is 20.1 Å². The van der Waals surface area contributed by atoms with Crippen LogP contribution in [0.3, 0.4) is 0 Å². The first-order chi connectivity index (χ1) is 13.6. The van der Waals surface area contributed by atoms with E-state index < -0.39 is 18.2 Å². The summed E-state index contributed by atoms with van der Waals surface area (Å²) in [5.41, 5.74) is 0. The van der Waals surface area contributed by atoms with Gasteiger partial charge in [0.1, 0.15) is 0 Å². The molecule has 0 aliphatic heterocycles. The molecule has 0 aromatic rings. The Kier molecular flexibility index (Phi) is 19.0. The molecule has 0 amide bonds. The highest BCUT2D eigenvalue weighted by Crippen LogP contribution is 2.15. The van der Waals surface area contributed by atoms with Crippen LogP contribution in [0.25, 0.3) is 0 Å². The first-order valence-corrected chi connectivity index (χ1v) is 11.3. The molecule has 0 spiro atoms. The Bertz CT molecular complexity index is 395. The van der Waals surface area contributed by atoms with E-state index in [1.54, 1.807) is 0 Å². The van der Waals surface area contributed by atoms with Crippen molar-refractivity contribution in [1.29, 1.82) is 0 Å². The summed E-state index contributed by atoms with van der Waals surface area (Å²) >= 11 is 0. The average Bonchev–Trinajstić information content (AvgIpc) is 2.70. The minimum absolute atomic E-state index is 0.511. The van der Waals surface area contributed by atoms with E-state index in [9.17, 15) is 9.59 Å². The SMILES string of the molecule is C=CC(=O)OC(CCCCCCCCCCCCCCCCC)OC(=O)C=C. The highest BCUT2D eigenvalue weighted by Gasteiger charge is 2.15.